The third-order valence-corrected chi connectivity index (χ3v) is 6.93. The van der Waals surface area contributed by atoms with Crippen LogP contribution in [-0.4, -0.2) is 75.4 Å². The topological polar surface area (TPSA) is 96.8 Å². The summed E-state index contributed by atoms with van der Waals surface area (Å²) in [6.07, 6.45) is 2.20. The van der Waals surface area contributed by atoms with Gasteiger partial charge in [0.25, 0.3) is 15.9 Å². The third-order valence-electron chi connectivity index (χ3n) is 5.17. The lowest BCUT2D eigenvalue weighted by Crippen LogP contribution is -2.38. The normalized spacial score (nSPS) is 15.2. The minimum atomic E-state index is -3.82. The molecule has 1 aromatic carbocycles. The van der Waals surface area contributed by atoms with Gasteiger partial charge in [0.15, 0.2) is 5.82 Å². The number of ether oxygens (including phenoxy) is 1. The molecule has 0 aliphatic carbocycles. The van der Waals surface area contributed by atoms with Gasteiger partial charge in [0.1, 0.15) is 5.56 Å². The van der Waals surface area contributed by atoms with Crippen LogP contribution in [0, 0.1) is 6.92 Å². The summed E-state index contributed by atoms with van der Waals surface area (Å²) in [7, 11) is -0.774. The maximum atomic E-state index is 13.0. The number of amides is 1. The Kier molecular flexibility index (Phi) is 7.11. The highest BCUT2D eigenvalue weighted by atomic mass is 32.2. The van der Waals surface area contributed by atoms with E-state index in [1.165, 1.54) is 17.9 Å². The zero-order valence-electron chi connectivity index (χ0n) is 17.7. The maximum Gasteiger partial charge on any atom is 0.265 e. The van der Waals surface area contributed by atoms with E-state index in [2.05, 4.69) is 15.3 Å². The van der Waals surface area contributed by atoms with Crippen molar-refractivity contribution < 1.29 is 17.9 Å². The molecule has 30 heavy (non-hydrogen) atoms. The average Bonchev–Trinajstić information content (AvgIpc) is 3.13. The van der Waals surface area contributed by atoms with E-state index in [4.69, 9.17) is 4.74 Å². The largest absolute Gasteiger partial charge is 0.379 e. The maximum absolute atomic E-state index is 13.0. The van der Waals surface area contributed by atoms with Crippen molar-refractivity contribution in [2.75, 3.05) is 50.7 Å². The van der Waals surface area contributed by atoms with Crippen LogP contribution in [0.2, 0.25) is 0 Å². The molecule has 1 fully saturated rings. The SMILES string of the molecule is Cc1ccc(S(=O)(=O)N(C)c2c(C(=O)NCCCN3CCOCC3)cnn2C)cc1. The number of carbonyl (C=O) groups excluding carboxylic acids is 1. The van der Waals surface area contributed by atoms with Crippen molar-refractivity contribution in [3.63, 3.8) is 0 Å². The molecule has 1 N–H and O–H groups in total. The van der Waals surface area contributed by atoms with Crippen molar-refractivity contribution in [2.45, 2.75) is 18.2 Å². The van der Waals surface area contributed by atoms with Crippen LogP contribution in [0.1, 0.15) is 22.3 Å². The molecule has 0 bridgehead atoms. The summed E-state index contributed by atoms with van der Waals surface area (Å²) in [5, 5.41) is 6.98. The first-order valence-corrected chi connectivity index (χ1v) is 11.4. The van der Waals surface area contributed by atoms with Crippen LogP contribution < -0.4 is 9.62 Å². The highest BCUT2D eigenvalue weighted by molar-refractivity contribution is 7.92. The van der Waals surface area contributed by atoms with Gasteiger partial charge in [-0.15, -0.1) is 0 Å². The van der Waals surface area contributed by atoms with Crippen molar-refractivity contribution in [3.8, 4) is 0 Å². The number of sulfonamides is 1. The lowest BCUT2D eigenvalue weighted by molar-refractivity contribution is 0.0374. The fourth-order valence-electron chi connectivity index (χ4n) is 3.37. The van der Waals surface area contributed by atoms with Crippen LogP contribution in [-0.2, 0) is 21.8 Å². The molecular formula is C20H29N5O4S. The number of morpholine rings is 1. The average molecular weight is 436 g/mol. The molecule has 0 saturated carbocycles. The van der Waals surface area contributed by atoms with E-state index >= 15 is 0 Å². The molecule has 1 aliphatic heterocycles. The number of nitrogens with zero attached hydrogens (tertiary/aromatic N) is 4. The van der Waals surface area contributed by atoms with Crippen LogP contribution in [0.15, 0.2) is 35.4 Å². The summed E-state index contributed by atoms with van der Waals surface area (Å²) in [6.45, 7) is 6.57. The summed E-state index contributed by atoms with van der Waals surface area (Å²) in [5.74, 6) is -0.118. The van der Waals surface area contributed by atoms with Crippen LogP contribution in [0.25, 0.3) is 0 Å². The van der Waals surface area contributed by atoms with Gasteiger partial charge >= 0.3 is 0 Å². The first-order chi connectivity index (χ1) is 14.3. The summed E-state index contributed by atoms with van der Waals surface area (Å²) in [4.78, 5) is 15.2. The lowest BCUT2D eigenvalue weighted by Gasteiger charge is -2.26. The minimum Gasteiger partial charge on any atom is -0.379 e. The number of nitrogens with one attached hydrogen (secondary N) is 1. The summed E-state index contributed by atoms with van der Waals surface area (Å²) >= 11 is 0. The zero-order chi connectivity index (χ0) is 21.7. The van der Waals surface area contributed by atoms with E-state index in [0.29, 0.717) is 6.54 Å². The van der Waals surface area contributed by atoms with Crippen molar-refractivity contribution in [1.82, 2.24) is 20.0 Å². The van der Waals surface area contributed by atoms with E-state index in [-0.39, 0.29) is 22.2 Å². The predicted octanol–water partition coefficient (Wildman–Crippen LogP) is 1.01. The van der Waals surface area contributed by atoms with Crippen molar-refractivity contribution in [1.29, 1.82) is 0 Å². The molecule has 1 saturated heterocycles. The number of rotatable bonds is 8. The second kappa shape index (κ2) is 9.59. The van der Waals surface area contributed by atoms with Crippen LogP contribution in [0.3, 0.4) is 0 Å². The predicted molar refractivity (Wildman–Crippen MR) is 114 cm³/mol. The standard InChI is InChI=1S/C20H29N5O4S/c1-16-5-7-17(8-6-16)30(27,28)24(3)20-18(15-22-23(20)2)19(26)21-9-4-10-25-11-13-29-14-12-25/h5-8,15H,4,9-14H2,1-3H3,(H,21,26). The Balaban J connectivity index is 1.67. The Morgan fingerprint density at radius 1 is 1.23 bits per heavy atom. The van der Waals surface area contributed by atoms with Crippen molar-refractivity contribution in [3.05, 3.63) is 41.6 Å². The van der Waals surface area contributed by atoms with Gasteiger partial charge in [0.05, 0.1) is 24.3 Å². The summed E-state index contributed by atoms with van der Waals surface area (Å²) in [6, 6.07) is 6.60. The van der Waals surface area contributed by atoms with Crippen LogP contribution in [0.5, 0.6) is 0 Å². The van der Waals surface area contributed by atoms with Crippen molar-refractivity contribution >= 4 is 21.7 Å². The Hall–Kier alpha value is -2.43. The second-order valence-corrected chi connectivity index (χ2v) is 9.32. The highest BCUT2D eigenvalue weighted by Gasteiger charge is 2.28. The minimum absolute atomic E-state index is 0.161. The lowest BCUT2D eigenvalue weighted by atomic mass is 10.2. The number of aryl methyl sites for hydroxylation is 2. The third kappa shape index (κ3) is 5.00. The molecule has 0 spiro atoms. The van der Waals surface area contributed by atoms with Gasteiger partial charge in [-0.25, -0.2) is 8.42 Å². The van der Waals surface area contributed by atoms with Gasteiger partial charge in [-0.05, 0) is 32.0 Å². The number of benzene rings is 1. The smallest absolute Gasteiger partial charge is 0.265 e. The van der Waals surface area contributed by atoms with E-state index in [1.54, 1.807) is 31.3 Å². The first kappa shape index (κ1) is 22.3. The molecule has 1 aromatic heterocycles. The van der Waals surface area contributed by atoms with Crippen molar-refractivity contribution in [2.24, 2.45) is 7.05 Å². The molecule has 164 valence electrons. The van der Waals surface area contributed by atoms with E-state index in [0.717, 1.165) is 49.1 Å². The fourth-order valence-corrected chi connectivity index (χ4v) is 4.61. The van der Waals surface area contributed by atoms with Gasteiger partial charge < -0.3 is 10.1 Å². The van der Waals surface area contributed by atoms with Gasteiger partial charge in [-0.2, -0.15) is 5.10 Å². The molecule has 2 aromatic rings. The van der Waals surface area contributed by atoms with E-state index in [1.807, 2.05) is 6.92 Å². The van der Waals surface area contributed by atoms with Gasteiger partial charge in [0.2, 0.25) is 0 Å². The molecule has 1 aliphatic rings. The molecule has 0 unspecified atom stereocenters. The molecular weight excluding hydrogens is 406 g/mol. The molecule has 9 nitrogen and oxygen atoms in total. The number of hydrogen-bond donors (Lipinski definition) is 1. The Morgan fingerprint density at radius 2 is 1.90 bits per heavy atom. The molecule has 0 atom stereocenters. The Morgan fingerprint density at radius 3 is 2.57 bits per heavy atom. The number of anilines is 1. The Bertz CT molecular complexity index is 966. The molecule has 3 rings (SSSR count). The Labute approximate surface area is 177 Å². The van der Waals surface area contributed by atoms with Gasteiger partial charge in [0, 0.05) is 33.7 Å². The molecule has 1 amide bonds. The number of carbonyl (C=O) groups is 1. The molecule has 10 heteroatoms. The van der Waals surface area contributed by atoms with E-state index in [9.17, 15) is 13.2 Å². The highest BCUT2D eigenvalue weighted by Crippen LogP contribution is 2.25. The molecule has 0 radical (unpaired) electrons. The first-order valence-electron chi connectivity index (χ1n) is 9.96. The monoisotopic (exact) mass is 435 g/mol. The quantitative estimate of drug-likeness (QED) is 0.622. The zero-order valence-corrected chi connectivity index (χ0v) is 18.5. The van der Waals surface area contributed by atoms with Crippen LogP contribution in [0.4, 0.5) is 5.82 Å². The van der Waals surface area contributed by atoms with Crippen LogP contribution >= 0.6 is 0 Å². The molecule has 2 heterocycles. The fraction of sp³-hybridized carbons (Fsp3) is 0.500. The van der Waals surface area contributed by atoms with E-state index < -0.39 is 10.0 Å². The summed E-state index contributed by atoms with van der Waals surface area (Å²) < 4.78 is 33.9. The van der Waals surface area contributed by atoms with Gasteiger partial charge in [-0.1, -0.05) is 17.7 Å². The number of aromatic nitrogens is 2. The number of hydrogen-bond acceptors (Lipinski definition) is 6. The van der Waals surface area contributed by atoms with Gasteiger partial charge in [-0.3, -0.25) is 18.7 Å². The second-order valence-electron chi connectivity index (χ2n) is 7.35. The summed E-state index contributed by atoms with van der Waals surface area (Å²) in [5.41, 5.74) is 1.19.